The van der Waals surface area contributed by atoms with E-state index in [2.05, 4.69) is 0 Å². The molecule has 0 aromatic carbocycles. The summed E-state index contributed by atoms with van der Waals surface area (Å²) in [6.45, 7) is 4.44. The Kier molecular flexibility index (Phi) is 4.57. The van der Waals surface area contributed by atoms with E-state index >= 15 is 0 Å². The van der Waals surface area contributed by atoms with Gasteiger partial charge in [0.15, 0.2) is 5.76 Å². The normalized spacial score (nSPS) is 27.2. The summed E-state index contributed by atoms with van der Waals surface area (Å²) in [5, 5.41) is 0. The molecule has 2 unspecified atom stereocenters. The van der Waals surface area contributed by atoms with Crippen LogP contribution in [0.4, 0.5) is 0 Å². The molecular weight excluding hydrogens is 248 g/mol. The number of rotatable bonds is 4. The summed E-state index contributed by atoms with van der Waals surface area (Å²) in [4.78, 5) is 11.2. The van der Waals surface area contributed by atoms with E-state index in [0.717, 1.165) is 12.8 Å². The maximum atomic E-state index is 11.2. The number of carbonyl (C=O) groups excluding carboxylic acids is 1. The Morgan fingerprint density at radius 3 is 2.74 bits per heavy atom. The van der Waals surface area contributed by atoms with Crippen LogP contribution in [0, 0.1) is 0 Å². The minimum Gasteiger partial charge on any atom is -0.453 e. The number of nitrogens with one attached hydrogen (secondary N) is 1. The van der Waals surface area contributed by atoms with Gasteiger partial charge in [-0.1, -0.05) is 0 Å². The van der Waals surface area contributed by atoms with E-state index in [9.17, 15) is 4.79 Å². The van der Waals surface area contributed by atoms with Gasteiger partial charge in [0.2, 0.25) is 0 Å². The van der Waals surface area contributed by atoms with Crippen LogP contribution in [0.3, 0.4) is 0 Å². The lowest BCUT2D eigenvalue weighted by atomic mass is 10.0. The van der Waals surface area contributed by atoms with E-state index in [1.165, 1.54) is 0 Å². The van der Waals surface area contributed by atoms with Crippen LogP contribution in [0.5, 0.6) is 0 Å². The standard InChI is InChI=1S/C13H20N2O4/c1-8-5-11(6-9(2)18-8)17-7-10-3-4-12(19-10)13(16)15-14/h3-4,8-9,11H,5-7,14H2,1-2H3,(H,15,16). The Morgan fingerprint density at radius 1 is 1.42 bits per heavy atom. The summed E-state index contributed by atoms with van der Waals surface area (Å²) in [6, 6.07) is 3.30. The molecule has 0 bridgehead atoms. The van der Waals surface area contributed by atoms with Gasteiger partial charge in [-0.15, -0.1) is 0 Å². The molecule has 1 aliphatic heterocycles. The van der Waals surface area contributed by atoms with Crippen LogP contribution in [0.2, 0.25) is 0 Å². The molecule has 0 spiro atoms. The number of nitrogens with two attached hydrogens (primary N) is 1. The molecule has 1 aromatic heterocycles. The number of nitrogen functional groups attached to an aromatic ring is 1. The minimum absolute atomic E-state index is 0.163. The first kappa shape index (κ1) is 14.0. The maximum Gasteiger partial charge on any atom is 0.300 e. The molecule has 2 rings (SSSR count). The van der Waals surface area contributed by atoms with E-state index in [0.29, 0.717) is 12.4 Å². The molecule has 1 amide bonds. The first-order valence-corrected chi connectivity index (χ1v) is 6.45. The van der Waals surface area contributed by atoms with Crippen LogP contribution in [0.1, 0.15) is 43.0 Å². The molecule has 6 nitrogen and oxygen atoms in total. The van der Waals surface area contributed by atoms with Crippen LogP contribution in [-0.4, -0.2) is 24.2 Å². The number of hydrazine groups is 1. The maximum absolute atomic E-state index is 11.2. The Morgan fingerprint density at radius 2 is 2.11 bits per heavy atom. The Hall–Kier alpha value is -1.37. The van der Waals surface area contributed by atoms with Gasteiger partial charge < -0.3 is 13.9 Å². The van der Waals surface area contributed by atoms with Gasteiger partial charge in [-0.25, -0.2) is 5.84 Å². The second-order valence-corrected chi connectivity index (χ2v) is 4.90. The third-order valence-electron chi connectivity index (χ3n) is 3.13. The van der Waals surface area contributed by atoms with Crippen molar-refractivity contribution in [2.75, 3.05) is 0 Å². The van der Waals surface area contributed by atoms with Crippen molar-refractivity contribution in [3.63, 3.8) is 0 Å². The third-order valence-corrected chi connectivity index (χ3v) is 3.13. The fourth-order valence-electron chi connectivity index (χ4n) is 2.33. The molecule has 0 saturated carbocycles. The zero-order valence-corrected chi connectivity index (χ0v) is 11.2. The topological polar surface area (TPSA) is 86.7 Å². The highest BCUT2D eigenvalue weighted by Crippen LogP contribution is 2.22. The van der Waals surface area contributed by atoms with Crippen molar-refractivity contribution in [2.45, 2.75) is 51.6 Å². The molecule has 0 radical (unpaired) electrons. The van der Waals surface area contributed by atoms with Gasteiger partial charge in [-0.2, -0.15) is 0 Å². The summed E-state index contributed by atoms with van der Waals surface area (Å²) in [5.74, 6) is 5.39. The lowest BCUT2D eigenvalue weighted by Crippen LogP contribution is -2.33. The van der Waals surface area contributed by atoms with Gasteiger partial charge in [0.05, 0.1) is 18.3 Å². The van der Waals surface area contributed by atoms with Gasteiger partial charge in [0.25, 0.3) is 0 Å². The third kappa shape index (κ3) is 3.79. The van der Waals surface area contributed by atoms with Crippen molar-refractivity contribution >= 4 is 5.91 Å². The molecule has 1 fully saturated rings. The van der Waals surface area contributed by atoms with Crippen molar-refractivity contribution in [3.05, 3.63) is 23.7 Å². The zero-order valence-electron chi connectivity index (χ0n) is 11.2. The molecule has 1 aliphatic rings. The highest BCUT2D eigenvalue weighted by Gasteiger charge is 2.25. The molecule has 1 saturated heterocycles. The van der Waals surface area contributed by atoms with Crippen LogP contribution < -0.4 is 11.3 Å². The van der Waals surface area contributed by atoms with Crippen LogP contribution in [-0.2, 0) is 16.1 Å². The predicted octanol–water partition coefficient (Wildman–Crippen LogP) is 1.36. The van der Waals surface area contributed by atoms with E-state index in [-0.39, 0.29) is 24.1 Å². The van der Waals surface area contributed by atoms with Gasteiger partial charge in [0, 0.05) is 0 Å². The van der Waals surface area contributed by atoms with E-state index < -0.39 is 5.91 Å². The number of hydrogen-bond donors (Lipinski definition) is 2. The van der Waals surface area contributed by atoms with Crippen molar-refractivity contribution in [3.8, 4) is 0 Å². The zero-order chi connectivity index (χ0) is 13.8. The van der Waals surface area contributed by atoms with E-state index in [1.807, 2.05) is 19.3 Å². The number of furan rings is 1. The lowest BCUT2D eigenvalue weighted by molar-refractivity contribution is -0.108. The Balaban J connectivity index is 1.85. The summed E-state index contributed by atoms with van der Waals surface area (Å²) in [6.07, 6.45) is 2.34. The monoisotopic (exact) mass is 268 g/mol. The molecule has 2 atom stereocenters. The molecule has 106 valence electrons. The first-order chi connectivity index (χ1) is 9.08. The Bertz CT molecular complexity index is 422. The smallest absolute Gasteiger partial charge is 0.300 e. The SMILES string of the molecule is CC1CC(OCc2ccc(C(=O)NN)o2)CC(C)O1. The fourth-order valence-corrected chi connectivity index (χ4v) is 2.33. The average Bonchev–Trinajstić information content (AvgIpc) is 2.83. The number of amides is 1. The molecular formula is C13H20N2O4. The van der Waals surface area contributed by atoms with Crippen LogP contribution in [0.25, 0.3) is 0 Å². The van der Waals surface area contributed by atoms with E-state index in [4.69, 9.17) is 19.7 Å². The highest BCUT2D eigenvalue weighted by atomic mass is 16.5. The fraction of sp³-hybridized carbons (Fsp3) is 0.615. The Labute approximate surface area is 112 Å². The number of carbonyl (C=O) groups is 1. The van der Waals surface area contributed by atoms with E-state index in [1.54, 1.807) is 12.1 Å². The molecule has 2 heterocycles. The average molecular weight is 268 g/mol. The minimum atomic E-state index is -0.445. The van der Waals surface area contributed by atoms with Crippen molar-refractivity contribution in [1.29, 1.82) is 0 Å². The summed E-state index contributed by atoms with van der Waals surface area (Å²) >= 11 is 0. The van der Waals surface area contributed by atoms with Crippen LogP contribution in [0.15, 0.2) is 16.5 Å². The largest absolute Gasteiger partial charge is 0.453 e. The van der Waals surface area contributed by atoms with Gasteiger partial charge in [-0.3, -0.25) is 10.2 Å². The first-order valence-electron chi connectivity index (χ1n) is 6.45. The molecule has 6 heteroatoms. The molecule has 0 aliphatic carbocycles. The summed E-state index contributed by atoms with van der Waals surface area (Å²) in [5.41, 5.74) is 2.02. The quantitative estimate of drug-likeness (QED) is 0.489. The molecule has 3 N–H and O–H groups in total. The van der Waals surface area contributed by atoms with Gasteiger partial charge in [-0.05, 0) is 38.8 Å². The molecule has 19 heavy (non-hydrogen) atoms. The molecule has 1 aromatic rings. The summed E-state index contributed by atoms with van der Waals surface area (Å²) < 4.78 is 16.8. The van der Waals surface area contributed by atoms with Gasteiger partial charge >= 0.3 is 5.91 Å². The van der Waals surface area contributed by atoms with Crippen molar-refractivity contribution in [1.82, 2.24) is 5.43 Å². The second kappa shape index (κ2) is 6.18. The predicted molar refractivity (Wildman–Crippen MR) is 68.2 cm³/mol. The van der Waals surface area contributed by atoms with Crippen molar-refractivity contribution < 1.29 is 18.7 Å². The second-order valence-electron chi connectivity index (χ2n) is 4.90. The van der Waals surface area contributed by atoms with Crippen molar-refractivity contribution in [2.24, 2.45) is 5.84 Å². The number of hydrogen-bond acceptors (Lipinski definition) is 5. The van der Waals surface area contributed by atoms with Gasteiger partial charge in [0.1, 0.15) is 12.4 Å². The van der Waals surface area contributed by atoms with Crippen LogP contribution >= 0.6 is 0 Å². The highest BCUT2D eigenvalue weighted by molar-refractivity contribution is 5.90. The summed E-state index contributed by atoms with van der Waals surface area (Å²) in [7, 11) is 0. The lowest BCUT2D eigenvalue weighted by Gasteiger charge is -2.31. The number of ether oxygens (including phenoxy) is 2.